The number of para-hydroxylation sites is 1. The van der Waals surface area contributed by atoms with Gasteiger partial charge in [-0.2, -0.15) is 5.10 Å². The Labute approximate surface area is 238 Å². The first-order valence-electron chi connectivity index (χ1n) is 11.7. The lowest BCUT2D eigenvalue weighted by atomic mass is 10.1. The van der Waals surface area contributed by atoms with Crippen LogP contribution in [0, 0.1) is 0 Å². The van der Waals surface area contributed by atoms with Crippen LogP contribution in [0.15, 0.2) is 102 Å². The fourth-order valence-corrected chi connectivity index (χ4v) is 3.67. The number of anilines is 2. The molecular weight excluding hydrogens is 555 g/mol. The van der Waals surface area contributed by atoms with Crippen molar-refractivity contribution in [3.05, 3.63) is 124 Å². The summed E-state index contributed by atoms with van der Waals surface area (Å²) in [6, 6.07) is 25.5. The zero-order valence-electron chi connectivity index (χ0n) is 20.6. The van der Waals surface area contributed by atoms with Crippen LogP contribution in [0.1, 0.15) is 26.3 Å². The molecule has 0 bridgehead atoms. The van der Waals surface area contributed by atoms with Crippen molar-refractivity contribution >= 4 is 64.5 Å². The van der Waals surface area contributed by atoms with Crippen molar-refractivity contribution in [1.82, 2.24) is 5.43 Å². The van der Waals surface area contributed by atoms with E-state index in [9.17, 15) is 19.2 Å². The maximum Gasteiger partial charge on any atom is 0.345 e. The summed E-state index contributed by atoms with van der Waals surface area (Å²) in [5.41, 5.74) is 3.72. The largest absolute Gasteiger partial charge is 0.423 e. The molecule has 11 heteroatoms. The van der Waals surface area contributed by atoms with E-state index in [4.69, 9.17) is 27.9 Å². The van der Waals surface area contributed by atoms with Gasteiger partial charge in [0.25, 0.3) is 5.91 Å². The van der Waals surface area contributed by atoms with Gasteiger partial charge < -0.3 is 15.4 Å². The number of carbonyl (C=O) groups excluding carboxylic acids is 4. The van der Waals surface area contributed by atoms with E-state index in [0.29, 0.717) is 16.3 Å². The van der Waals surface area contributed by atoms with Gasteiger partial charge in [-0.05, 0) is 78.4 Å². The number of benzene rings is 4. The lowest BCUT2D eigenvalue weighted by molar-refractivity contribution is -0.136. The molecule has 0 fully saturated rings. The van der Waals surface area contributed by atoms with Gasteiger partial charge in [-0.15, -0.1) is 0 Å². The first kappa shape index (κ1) is 28.0. The maximum atomic E-state index is 12.7. The number of rotatable bonds is 7. The molecule has 4 aromatic carbocycles. The average Bonchev–Trinajstić information content (AvgIpc) is 2.95. The molecule has 4 aromatic rings. The summed E-state index contributed by atoms with van der Waals surface area (Å²) in [7, 11) is 0. The smallest absolute Gasteiger partial charge is 0.345 e. The van der Waals surface area contributed by atoms with E-state index in [1.54, 1.807) is 72.8 Å². The van der Waals surface area contributed by atoms with Gasteiger partial charge in [0.15, 0.2) is 0 Å². The van der Waals surface area contributed by atoms with E-state index in [2.05, 4.69) is 21.2 Å². The Morgan fingerprint density at radius 3 is 2.05 bits per heavy atom. The molecule has 0 aliphatic carbocycles. The fourth-order valence-electron chi connectivity index (χ4n) is 3.33. The molecular formula is C29H20Cl2N4O5. The monoisotopic (exact) mass is 574 g/mol. The molecule has 0 saturated carbocycles. The van der Waals surface area contributed by atoms with Crippen LogP contribution < -0.4 is 20.8 Å². The molecule has 9 nitrogen and oxygen atoms in total. The Kier molecular flexibility index (Phi) is 9.24. The Balaban J connectivity index is 1.31. The molecule has 0 heterocycles. The van der Waals surface area contributed by atoms with E-state index in [1.165, 1.54) is 30.5 Å². The van der Waals surface area contributed by atoms with Gasteiger partial charge in [0, 0.05) is 10.7 Å². The third-order valence-corrected chi connectivity index (χ3v) is 5.87. The van der Waals surface area contributed by atoms with E-state index in [-0.39, 0.29) is 27.6 Å². The van der Waals surface area contributed by atoms with Gasteiger partial charge in [0.2, 0.25) is 0 Å². The molecule has 3 N–H and O–H groups in total. The highest BCUT2D eigenvalue weighted by atomic mass is 35.5. The van der Waals surface area contributed by atoms with Crippen LogP contribution in [0.5, 0.6) is 5.75 Å². The molecule has 3 amide bonds. The number of hydrogen-bond acceptors (Lipinski definition) is 6. The van der Waals surface area contributed by atoms with Crippen molar-refractivity contribution in [2.24, 2.45) is 5.10 Å². The summed E-state index contributed by atoms with van der Waals surface area (Å²) in [4.78, 5) is 49.7. The minimum Gasteiger partial charge on any atom is -0.423 e. The molecule has 40 heavy (non-hydrogen) atoms. The van der Waals surface area contributed by atoms with Crippen LogP contribution in [0.3, 0.4) is 0 Å². The zero-order chi connectivity index (χ0) is 28.5. The molecule has 0 spiro atoms. The number of nitrogens with zero attached hydrogens (tertiary/aromatic N) is 1. The quantitative estimate of drug-likeness (QED) is 0.0876. The van der Waals surface area contributed by atoms with Crippen molar-refractivity contribution in [2.75, 3.05) is 10.6 Å². The Bertz CT molecular complexity index is 1590. The number of hydrazone groups is 1. The molecule has 0 atom stereocenters. The second-order valence-electron chi connectivity index (χ2n) is 8.10. The third kappa shape index (κ3) is 7.53. The molecule has 0 aliphatic heterocycles. The predicted octanol–water partition coefficient (Wildman–Crippen LogP) is 5.55. The summed E-state index contributed by atoms with van der Waals surface area (Å²) < 4.78 is 5.31. The van der Waals surface area contributed by atoms with Gasteiger partial charge in [0.05, 0.1) is 28.1 Å². The van der Waals surface area contributed by atoms with Crippen molar-refractivity contribution in [3.63, 3.8) is 0 Å². The summed E-state index contributed by atoms with van der Waals surface area (Å²) in [5.74, 6) is -2.88. The molecule has 0 saturated heterocycles. The lowest BCUT2D eigenvalue weighted by Gasteiger charge is -2.11. The summed E-state index contributed by atoms with van der Waals surface area (Å²) in [5, 5.41) is 9.68. The highest BCUT2D eigenvalue weighted by molar-refractivity contribution is 6.40. The summed E-state index contributed by atoms with van der Waals surface area (Å²) in [6.07, 6.45) is 1.30. The standard InChI is InChI=1S/C29H20Cl2N4O5/c30-19-11-13-20(14-12-19)33-26(36)23-6-2-4-8-25(23)34-27(37)28(38)35-32-17-18-9-15-21(16-10-18)40-29(39)22-5-1-3-7-24(22)31/h1-17H,(H,33,36)(H,34,37)(H,35,38)/b32-17-. The van der Waals surface area contributed by atoms with E-state index >= 15 is 0 Å². The molecule has 0 unspecified atom stereocenters. The van der Waals surface area contributed by atoms with Gasteiger partial charge in [-0.1, -0.05) is 47.5 Å². The van der Waals surface area contributed by atoms with Crippen molar-refractivity contribution in [3.8, 4) is 5.75 Å². The predicted molar refractivity (Wildman–Crippen MR) is 153 cm³/mol. The normalized spacial score (nSPS) is 10.6. The van der Waals surface area contributed by atoms with Crippen LogP contribution in [0.2, 0.25) is 10.0 Å². The average molecular weight is 575 g/mol. The van der Waals surface area contributed by atoms with Gasteiger partial charge in [-0.3, -0.25) is 14.4 Å². The van der Waals surface area contributed by atoms with E-state index in [0.717, 1.165) is 0 Å². The SMILES string of the molecule is O=C(N/N=C\c1ccc(OC(=O)c2ccccc2Cl)cc1)C(=O)Nc1ccccc1C(=O)Nc1ccc(Cl)cc1. The first-order valence-corrected chi connectivity index (χ1v) is 12.4. The van der Waals surface area contributed by atoms with Crippen molar-refractivity contribution < 1.29 is 23.9 Å². The minimum atomic E-state index is -1.05. The number of halogens is 2. The minimum absolute atomic E-state index is 0.139. The summed E-state index contributed by atoms with van der Waals surface area (Å²) in [6.45, 7) is 0. The highest BCUT2D eigenvalue weighted by Gasteiger charge is 2.18. The van der Waals surface area contributed by atoms with Crippen molar-refractivity contribution in [1.29, 1.82) is 0 Å². The topological polar surface area (TPSA) is 126 Å². The second kappa shape index (κ2) is 13.2. The first-order chi connectivity index (χ1) is 19.3. The number of amides is 3. The van der Waals surface area contributed by atoms with Gasteiger partial charge in [-0.25, -0.2) is 10.2 Å². The number of ether oxygens (including phenoxy) is 1. The van der Waals surface area contributed by atoms with E-state index < -0.39 is 23.7 Å². The zero-order valence-corrected chi connectivity index (χ0v) is 22.1. The van der Waals surface area contributed by atoms with Crippen LogP contribution >= 0.6 is 23.2 Å². The van der Waals surface area contributed by atoms with Gasteiger partial charge >= 0.3 is 17.8 Å². The highest BCUT2D eigenvalue weighted by Crippen LogP contribution is 2.20. The van der Waals surface area contributed by atoms with Crippen LogP contribution in [-0.2, 0) is 9.59 Å². The van der Waals surface area contributed by atoms with Crippen LogP contribution in [0.4, 0.5) is 11.4 Å². The molecule has 4 rings (SSSR count). The molecule has 0 aromatic heterocycles. The van der Waals surface area contributed by atoms with Crippen LogP contribution in [0.25, 0.3) is 0 Å². The molecule has 0 aliphatic rings. The number of esters is 1. The number of hydrogen-bond donors (Lipinski definition) is 3. The number of carbonyl (C=O) groups is 4. The Morgan fingerprint density at radius 2 is 1.35 bits per heavy atom. The molecule has 200 valence electrons. The fraction of sp³-hybridized carbons (Fsp3) is 0. The maximum absolute atomic E-state index is 12.7. The molecule has 0 radical (unpaired) electrons. The van der Waals surface area contributed by atoms with Gasteiger partial charge in [0.1, 0.15) is 5.75 Å². The second-order valence-corrected chi connectivity index (χ2v) is 8.94. The Hall–Kier alpha value is -4.99. The Morgan fingerprint density at radius 1 is 0.700 bits per heavy atom. The third-order valence-electron chi connectivity index (χ3n) is 5.29. The van der Waals surface area contributed by atoms with E-state index in [1.807, 2.05) is 0 Å². The summed E-state index contributed by atoms with van der Waals surface area (Å²) >= 11 is 11.9. The van der Waals surface area contributed by atoms with Crippen molar-refractivity contribution in [2.45, 2.75) is 0 Å². The van der Waals surface area contributed by atoms with Crippen LogP contribution in [-0.4, -0.2) is 29.9 Å². The number of nitrogens with one attached hydrogen (secondary N) is 3. The lowest BCUT2D eigenvalue weighted by Crippen LogP contribution is -2.33.